The van der Waals surface area contributed by atoms with Crippen LogP contribution in [0, 0.1) is 0 Å². The quantitative estimate of drug-likeness (QED) is 0.0720. The van der Waals surface area contributed by atoms with Crippen LogP contribution in [0.25, 0.3) is 0 Å². The molecule has 1 N–H and O–H groups in total. The number of unbranched alkanes of at least 4 members (excludes halogenated alkanes) is 22. The van der Waals surface area contributed by atoms with Gasteiger partial charge in [0.05, 0.1) is 12.7 Å². The van der Waals surface area contributed by atoms with Crippen molar-refractivity contribution in [3.63, 3.8) is 0 Å². The Labute approximate surface area is 339 Å². The Kier molecular flexibility index (Phi) is 28.4. The third kappa shape index (κ3) is 25.7. The second-order valence-electron chi connectivity index (χ2n) is 17.4. The molecule has 7 heteroatoms. The number of likely N-dealkylation sites (tertiary alicyclic amines) is 1. The van der Waals surface area contributed by atoms with E-state index in [1.54, 1.807) is 0 Å². The van der Waals surface area contributed by atoms with Crippen LogP contribution in [0.2, 0.25) is 0 Å². The summed E-state index contributed by atoms with van der Waals surface area (Å²) in [6.07, 6.45) is 33.3. The van der Waals surface area contributed by atoms with Gasteiger partial charge in [-0.25, -0.2) is 4.79 Å². The van der Waals surface area contributed by atoms with Crippen molar-refractivity contribution in [1.29, 1.82) is 0 Å². The average molecular weight is 771 g/mol. The minimum absolute atomic E-state index is 0.0776. The average Bonchev–Trinajstić information content (AvgIpc) is 3.17. The molecule has 1 heterocycles. The maximum absolute atomic E-state index is 13.2. The van der Waals surface area contributed by atoms with Crippen LogP contribution < -0.4 is 5.32 Å². The van der Waals surface area contributed by atoms with Crippen molar-refractivity contribution in [2.75, 3.05) is 39.5 Å². The molecule has 0 radical (unpaired) electrons. The molecular formula is C48H86N2O5. The van der Waals surface area contributed by atoms with E-state index in [9.17, 15) is 9.59 Å². The summed E-state index contributed by atoms with van der Waals surface area (Å²) in [4.78, 5) is 27.5. The van der Waals surface area contributed by atoms with Gasteiger partial charge in [0.1, 0.15) is 5.60 Å². The molecule has 1 atom stereocenters. The van der Waals surface area contributed by atoms with E-state index in [1.807, 2.05) is 37.8 Å². The smallest absolute Gasteiger partial charge is 0.410 e. The molecule has 1 fully saturated rings. The maximum atomic E-state index is 13.2. The van der Waals surface area contributed by atoms with E-state index < -0.39 is 5.60 Å². The van der Waals surface area contributed by atoms with Gasteiger partial charge in [0.2, 0.25) is 0 Å². The molecule has 0 spiro atoms. The van der Waals surface area contributed by atoms with Gasteiger partial charge in [0.25, 0.3) is 5.91 Å². The number of carbonyl (C=O) groups is 2. The van der Waals surface area contributed by atoms with Crippen LogP contribution in [-0.4, -0.2) is 68.1 Å². The highest BCUT2D eigenvalue weighted by Crippen LogP contribution is 2.29. The first-order valence-corrected chi connectivity index (χ1v) is 23.3. The van der Waals surface area contributed by atoms with Gasteiger partial charge < -0.3 is 24.4 Å². The van der Waals surface area contributed by atoms with Crippen LogP contribution in [0.1, 0.15) is 223 Å². The van der Waals surface area contributed by atoms with Gasteiger partial charge >= 0.3 is 6.09 Å². The molecule has 55 heavy (non-hydrogen) atoms. The number of hydrogen-bond acceptors (Lipinski definition) is 5. The molecule has 0 aliphatic carbocycles. The SMILES string of the molecule is CCCCCCCCCCCCCCOC[C@H](CNC(=O)c1ccc(C2CCN(C(=O)OC(C)(C)C)CC2)cc1)OCCCCCCCCCCCCCC. The molecule has 1 aromatic rings. The highest BCUT2D eigenvalue weighted by Gasteiger charge is 2.27. The number of rotatable bonds is 33. The van der Waals surface area contributed by atoms with Crippen LogP contribution >= 0.6 is 0 Å². The van der Waals surface area contributed by atoms with Gasteiger partial charge in [-0.05, 0) is 70.1 Å². The Morgan fingerprint density at radius 3 is 1.55 bits per heavy atom. The number of hydrogen-bond donors (Lipinski definition) is 1. The topological polar surface area (TPSA) is 77.1 Å². The summed E-state index contributed by atoms with van der Waals surface area (Å²) in [6.45, 7) is 14.0. The number of nitrogens with one attached hydrogen (secondary N) is 1. The van der Waals surface area contributed by atoms with Crippen LogP contribution in [0.15, 0.2) is 24.3 Å². The second kappa shape index (κ2) is 31.9. The summed E-state index contributed by atoms with van der Waals surface area (Å²) in [7, 11) is 0. The first kappa shape index (κ1) is 49.0. The van der Waals surface area contributed by atoms with E-state index >= 15 is 0 Å². The van der Waals surface area contributed by atoms with E-state index in [0.717, 1.165) is 32.3 Å². The van der Waals surface area contributed by atoms with Crippen molar-refractivity contribution in [1.82, 2.24) is 10.2 Å². The van der Waals surface area contributed by atoms with Gasteiger partial charge in [-0.3, -0.25) is 4.79 Å². The van der Waals surface area contributed by atoms with E-state index in [1.165, 1.54) is 147 Å². The molecule has 2 amide bonds. The third-order valence-corrected chi connectivity index (χ3v) is 11.1. The molecule has 1 aliphatic heterocycles. The maximum Gasteiger partial charge on any atom is 0.410 e. The molecule has 1 aromatic carbocycles. The van der Waals surface area contributed by atoms with Gasteiger partial charge in [-0.15, -0.1) is 0 Å². The summed E-state index contributed by atoms with van der Waals surface area (Å²) >= 11 is 0. The van der Waals surface area contributed by atoms with Crippen LogP contribution in [0.4, 0.5) is 4.79 Å². The normalized spacial score (nSPS) is 14.3. The lowest BCUT2D eigenvalue weighted by molar-refractivity contribution is -0.0170. The lowest BCUT2D eigenvalue weighted by Crippen LogP contribution is -2.41. The summed E-state index contributed by atoms with van der Waals surface area (Å²) in [6, 6.07) is 8.00. The summed E-state index contributed by atoms with van der Waals surface area (Å²) < 4.78 is 18.0. The molecule has 0 saturated carbocycles. The van der Waals surface area contributed by atoms with Crippen LogP contribution in [-0.2, 0) is 14.2 Å². The summed E-state index contributed by atoms with van der Waals surface area (Å²) in [5.74, 6) is 0.294. The first-order valence-electron chi connectivity index (χ1n) is 23.3. The van der Waals surface area contributed by atoms with Gasteiger partial charge in [-0.1, -0.05) is 167 Å². The van der Waals surface area contributed by atoms with Gasteiger partial charge in [-0.2, -0.15) is 0 Å². The standard InChI is InChI=1S/C48H86N2O5/c1-6-8-10-12-14-16-18-20-22-24-26-28-38-53-41-45(54-39-29-27-25-23-21-19-17-15-13-11-9-7-2)40-49-46(51)44-32-30-42(31-33-44)43-34-36-50(37-35-43)47(52)55-48(3,4)5/h30-33,43,45H,6-29,34-41H2,1-5H3,(H,49,51)/t45-/m0/s1. The lowest BCUT2D eigenvalue weighted by atomic mass is 9.89. The Morgan fingerprint density at radius 2 is 1.09 bits per heavy atom. The molecule has 0 unspecified atom stereocenters. The fraction of sp³-hybridized carbons (Fsp3) is 0.833. The Morgan fingerprint density at radius 1 is 0.655 bits per heavy atom. The van der Waals surface area contributed by atoms with Crippen molar-refractivity contribution in [3.8, 4) is 0 Å². The van der Waals surface area contributed by atoms with E-state index in [2.05, 4.69) is 31.3 Å². The number of amides is 2. The van der Waals surface area contributed by atoms with E-state index in [-0.39, 0.29) is 18.1 Å². The molecule has 2 rings (SSSR count). The fourth-order valence-electron chi connectivity index (χ4n) is 7.56. The van der Waals surface area contributed by atoms with Crippen molar-refractivity contribution >= 4 is 12.0 Å². The molecular weight excluding hydrogens is 685 g/mol. The van der Waals surface area contributed by atoms with Crippen LogP contribution in [0.5, 0.6) is 0 Å². The zero-order valence-corrected chi connectivity index (χ0v) is 36.6. The Balaban J connectivity index is 1.70. The monoisotopic (exact) mass is 771 g/mol. The van der Waals surface area contributed by atoms with Crippen molar-refractivity contribution in [2.24, 2.45) is 0 Å². The highest BCUT2D eigenvalue weighted by molar-refractivity contribution is 5.94. The van der Waals surface area contributed by atoms with Crippen molar-refractivity contribution in [3.05, 3.63) is 35.4 Å². The van der Waals surface area contributed by atoms with E-state index in [4.69, 9.17) is 14.2 Å². The number of ether oxygens (including phenoxy) is 3. The van der Waals surface area contributed by atoms with Crippen molar-refractivity contribution < 1.29 is 23.8 Å². The Hall–Kier alpha value is -2.12. The number of nitrogens with zero attached hydrogens (tertiary/aromatic N) is 1. The number of carbonyl (C=O) groups excluding carboxylic acids is 2. The summed E-state index contributed by atoms with van der Waals surface area (Å²) in [5, 5.41) is 3.13. The third-order valence-electron chi connectivity index (χ3n) is 11.1. The molecule has 0 bridgehead atoms. The predicted molar refractivity (Wildman–Crippen MR) is 231 cm³/mol. The molecule has 1 aliphatic rings. The minimum atomic E-state index is -0.484. The van der Waals surface area contributed by atoms with Crippen LogP contribution in [0.3, 0.4) is 0 Å². The molecule has 318 valence electrons. The largest absolute Gasteiger partial charge is 0.444 e. The molecule has 7 nitrogen and oxygen atoms in total. The van der Waals surface area contributed by atoms with Gasteiger partial charge in [0, 0.05) is 38.4 Å². The molecule has 1 saturated heterocycles. The number of benzene rings is 1. The van der Waals surface area contributed by atoms with Gasteiger partial charge in [0.15, 0.2) is 0 Å². The fourth-order valence-corrected chi connectivity index (χ4v) is 7.56. The first-order chi connectivity index (χ1) is 26.7. The lowest BCUT2D eigenvalue weighted by Gasteiger charge is -2.33. The van der Waals surface area contributed by atoms with Crippen molar-refractivity contribution in [2.45, 2.75) is 219 Å². The highest BCUT2D eigenvalue weighted by atomic mass is 16.6. The second-order valence-corrected chi connectivity index (χ2v) is 17.4. The van der Waals surface area contributed by atoms with E-state index in [0.29, 0.717) is 44.3 Å². The Bertz CT molecular complexity index is 1060. The minimum Gasteiger partial charge on any atom is -0.444 e. The predicted octanol–water partition coefficient (Wildman–Crippen LogP) is 13.3. The number of piperidine rings is 1. The summed E-state index contributed by atoms with van der Waals surface area (Å²) in [5.41, 5.74) is 1.39. The molecule has 0 aromatic heterocycles. The zero-order chi connectivity index (χ0) is 39.8. The zero-order valence-electron chi connectivity index (χ0n) is 36.6.